The van der Waals surface area contributed by atoms with Crippen molar-refractivity contribution in [1.29, 1.82) is 0 Å². The zero-order valence-electron chi connectivity index (χ0n) is 12.1. The second-order valence-electron chi connectivity index (χ2n) is 5.62. The number of benzene rings is 1. The van der Waals surface area contributed by atoms with Crippen LogP contribution in [0.2, 0.25) is 0 Å². The Morgan fingerprint density at radius 2 is 1.86 bits per heavy atom. The number of rotatable bonds is 2. The summed E-state index contributed by atoms with van der Waals surface area (Å²) in [6.45, 7) is 4.07. The molecule has 0 spiro atoms. The Balaban J connectivity index is 1.91. The van der Waals surface area contributed by atoms with Crippen molar-refractivity contribution >= 4 is 35.4 Å². The number of hydrogen-bond acceptors (Lipinski definition) is 4. The quantitative estimate of drug-likeness (QED) is 0.872. The summed E-state index contributed by atoms with van der Waals surface area (Å²) in [5.41, 5.74) is 0.507. The zero-order valence-corrected chi connectivity index (χ0v) is 13.0. The molecule has 4 atom stereocenters. The summed E-state index contributed by atoms with van der Waals surface area (Å²) in [4.78, 5) is 37.0. The molecule has 2 heterocycles. The Hall–Kier alpha value is -2.02. The van der Waals surface area contributed by atoms with Gasteiger partial charge in [0.1, 0.15) is 0 Å². The summed E-state index contributed by atoms with van der Waals surface area (Å²) in [6.07, 6.45) is 0. The minimum Gasteiger partial charge on any atom is -0.478 e. The Labute approximate surface area is 131 Å². The van der Waals surface area contributed by atoms with Crippen LogP contribution >= 0.6 is 11.8 Å². The summed E-state index contributed by atoms with van der Waals surface area (Å²) in [5, 5.41) is 11.9. The summed E-state index contributed by atoms with van der Waals surface area (Å²) in [5.74, 6) is -1.35. The van der Waals surface area contributed by atoms with E-state index in [1.165, 1.54) is 24.3 Å². The van der Waals surface area contributed by atoms with Gasteiger partial charge in [-0.1, -0.05) is 13.8 Å². The molecule has 2 N–H and O–H groups in total. The lowest BCUT2D eigenvalue weighted by atomic mass is 9.89. The summed E-state index contributed by atoms with van der Waals surface area (Å²) in [7, 11) is 0. The van der Waals surface area contributed by atoms with Crippen LogP contribution in [-0.2, 0) is 4.79 Å². The molecular weight excluding hydrogens is 304 g/mol. The van der Waals surface area contributed by atoms with E-state index in [9.17, 15) is 14.4 Å². The molecule has 0 saturated carbocycles. The van der Waals surface area contributed by atoms with E-state index in [0.29, 0.717) is 10.9 Å². The summed E-state index contributed by atoms with van der Waals surface area (Å²) < 4.78 is 0. The molecule has 0 aromatic heterocycles. The van der Waals surface area contributed by atoms with Crippen molar-refractivity contribution < 1.29 is 19.5 Å². The van der Waals surface area contributed by atoms with Crippen molar-refractivity contribution in [1.82, 2.24) is 5.32 Å². The molecule has 2 aliphatic rings. The minimum absolute atomic E-state index is 0.116. The van der Waals surface area contributed by atoms with Gasteiger partial charge < -0.3 is 10.4 Å². The number of carboxylic acids is 1. The van der Waals surface area contributed by atoms with E-state index in [1.807, 2.05) is 6.92 Å². The lowest BCUT2D eigenvalue weighted by Crippen LogP contribution is -2.59. The topological polar surface area (TPSA) is 86.7 Å². The van der Waals surface area contributed by atoms with Crippen LogP contribution in [0.3, 0.4) is 0 Å². The fourth-order valence-corrected chi connectivity index (χ4v) is 4.50. The highest BCUT2D eigenvalue weighted by Crippen LogP contribution is 2.44. The molecule has 6 nitrogen and oxygen atoms in total. The van der Waals surface area contributed by atoms with Gasteiger partial charge in [-0.25, -0.2) is 14.5 Å². The van der Waals surface area contributed by atoms with E-state index in [1.54, 1.807) is 11.8 Å². The van der Waals surface area contributed by atoms with Crippen molar-refractivity contribution in [2.75, 3.05) is 4.90 Å². The predicted octanol–water partition coefficient (Wildman–Crippen LogP) is 2.15. The normalized spacial score (nSPS) is 30.9. The van der Waals surface area contributed by atoms with E-state index < -0.39 is 12.0 Å². The van der Waals surface area contributed by atoms with Gasteiger partial charge in [0.2, 0.25) is 5.91 Å². The van der Waals surface area contributed by atoms with E-state index in [4.69, 9.17) is 5.11 Å². The maximum Gasteiger partial charge on any atom is 0.335 e. The molecule has 1 aromatic carbocycles. The largest absolute Gasteiger partial charge is 0.478 e. The Morgan fingerprint density at radius 3 is 2.45 bits per heavy atom. The van der Waals surface area contributed by atoms with Gasteiger partial charge >= 0.3 is 12.0 Å². The van der Waals surface area contributed by atoms with Crippen LogP contribution in [0.1, 0.15) is 24.2 Å². The van der Waals surface area contributed by atoms with Gasteiger partial charge in [0, 0.05) is 5.25 Å². The number of urea groups is 1. The summed E-state index contributed by atoms with van der Waals surface area (Å²) >= 11 is 1.61. The molecule has 2 aliphatic heterocycles. The molecule has 1 aromatic rings. The van der Waals surface area contributed by atoms with E-state index in [-0.39, 0.29) is 28.7 Å². The van der Waals surface area contributed by atoms with Crippen LogP contribution < -0.4 is 10.2 Å². The fourth-order valence-electron chi connectivity index (χ4n) is 2.92. The number of carboxylic acid groups (broad SMARTS) is 1. The number of nitrogens with zero attached hydrogens (tertiary/aromatic N) is 1. The van der Waals surface area contributed by atoms with Gasteiger partial charge in [-0.05, 0) is 30.2 Å². The maximum absolute atomic E-state index is 12.7. The van der Waals surface area contributed by atoms with Gasteiger partial charge in [0.05, 0.1) is 22.5 Å². The van der Waals surface area contributed by atoms with Crippen LogP contribution in [-0.4, -0.2) is 33.6 Å². The molecule has 0 radical (unpaired) electrons. The fraction of sp³-hybridized carbons (Fsp3) is 0.400. The van der Waals surface area contributed by atoms with Gasteiger partial charge in [-0.3, -0.25) is 4.79 Å². The van der Waals surface area contributed by atoms with Crippen LogP contribution in [0.5, 0.6) is 0 Å². The molecule has 22 heavy (non-hydrogen) atoms. The lowest BCUT2D eigenvalue weighted by Gasteiger charge is -2.34. The maximum atomic E-state index is 12.7. The number of carbonyl (C=O) groups excluding carboxylic acids is 2. The van der Waals surface area contributed by atoms with Gasteiger partial charge in [0.25, 0.3) is 0 Å². The van der Waals surface area contributed by atoms with Crippen LogP contribution in [0.15, 0.2) is 24.3 Å². The highest BCUT2D eigenvalue weighted by molar-refractivity contribution is 8.00. The molecule has 116 valence electrons. The average Bonchev–Trinajstić information content (AvgIpc) is 2.74. The van der Waals surface area contributed by atoms with Gasteiger partial charge in [-0.15, -0.1) is 11.8 Å². The van der Waals surface area contributed by atoms with Crippen molar-refractivity contribution in [3.63, 3.8) is 0 Å². The van der Waals surface area contributed by atoms with E-state index in [2.05, 4.69) is 12.2 Å². The number of anilines is 1. The number of nitrogens with one attached hydrogen (secondary N) is 1. The predicted molar refractivity (Wildman–Crippen MR) is 82.9 cm³/mol. The molecule has 7 heteroatoms. The molecule has 0 aliphatic carbocycles. The first-order valence-corrected chi connectivity index (χ1v) is 7.97. The van der Waals surface area contributed by atoms with Crippen molar-refractivity contribution in [3.8, 4) is 0 Å². The van der Waals surface area contributed by atoms with Crippen molar-refractivity contribution in [2.24, 2.45) is 11.8 Å². The number of aromatic carboxylic acids is 1. The first kappa shape index (κ1) is 14.9. The third kappa shape index (κ3) is 2.25. The number of carbonyl (C=O) groups is 3. The van der Waals surface area contributed by atoms with E-state index >= 15 is 0 Å². The number of imide groups is 1. The first-order valence-electron chi connectivity index (χ1n) is 7.03. The van der Waals surface area contributed by atoms with Crippen LogP contribution in [0.4, 0.5) is 10.5 Å². The standard InChI is InChI=1S/C15H16N2O4S/c1-7-8(2)22-12-11(7)13(18)17(15(21)16-12)10-5-3-9(4-6-10)14(19)20/h3-8,11-12H,1-2H3,(H,16,21)(H,19,20). The molecule has 2 saturated heterocycles. The van der Waals surface area contributed by atoms with Crippen molar-refractivity contribution in [2.45, 2.75) is 24.5 Å². The Morgan fingerprint density at radius 1 is 1.23 bits per heavy atom. The van der Waals surface area contributed by atoms with Crippen LogP contribution in [0, 0.1) is 11.8 Å². The Kier molecular flexibility index (Phi) is 3.60. The SMILES string of the molecule is CC1SC2NC(=O)N(c3ccc(C(=O)O)cc3)C(=O)C2C1C. The monoisotopic (exact) mass is 320 g/mol. The lowest BCUT2D eigenvalue weighted by molar-refractivity contribution is -0.123. The number of amides is 3. The highest BCUT2D eigenvalue weighted by atomic mass is 32.2. The number of fused-ring (bicyclic) bond motifs is 1. The van der Waals surface area contributed by atoms with E-state index in [0.717, 1.165) is 4.90 Å². The van der Waals surface area contributed by atoms with Gasteiger partial charge in [0.15, 0.2) is 0 Å². The molecule has 0 bridgehead atoms. The van der Waals surface area contributed by atoms with Gasteiger partial charge in [-0.2, -0.15) is 0 Å². The molecule has 2 fully saturated rings. The van der Waals surface area contributed by atoms with Crippen molar-refractivity contribution in [3.05, 3.63) is 29.8 Å². The first-order chi connectivity index (χ1) is 10.4. The average molecular weight is 320 g/mol. The summed E-state index contributed by atoms with van der Waals surface area (Å²) in [6, 6.07) is 5.29. The number of hydrogen-bond donors (Lipinski definition) is 2. The zero-order chi connectivity index (χ0) is 16.0. The molecular formula is C15H16N2O4S. The second-order valence-corrected chi connectivity index (χ2v) is 7.15. The van der Waals surface area contributed by atoms with Crippen LogP contribution in [0.25, 0.3) is 0 Å². The molecule has 4 unspecified atom stereocenters. The Bertz CT molecular complexity index is 645. The second kappa shape index (κ2) is 5.31. The third-order valence-corrected chi connectivity index (χ3v) is 5.90. The molecule has 3 amide bonds. The third-order valence-electron chi connectivity index (χ3n) is 4.34. The minimum atomic E-state index is -1.05. The smallest absolute Gasteiger partial charge is 0.335 e. The molecule has 3 rings (SSSR count). The number of thioether (sulfide) groups is 1. The highest BCUT2D eigenvalue weighted by Gasteiger charge is 2.50.